The quantitative estimate of drug-likeness (QED) is 0.770. The van der Waals surface area contributed by atoms with Crippen molar-refractivity contribution in [2.75, 3.05) is 54.4 Å². The molecule has 1 aliphatic rings. The third-order valence-corrected chi connectivity index (χ3v) is 3.46. The second kappa shape index (κ2) is 6.81. The van der Waals surface area contributed by atoms with Gasteiger partial charge < -0.3 is 20.0 Å². The van der Waals surface area contributed by atoms with Gasteiger partial charge in [0.25, 0.3) is 0 Å². The molecule has 1 rings (SSSR count). The van der Waals surface area contributed by atoms with Crippen molar-refractivity contribution in [1.29, 1.82) is 0 Å². The van der Waals surface area contributed by atoms with Crippen LogP contribution in [0, 0.1) is 0 Å². The van der Waals surface area contributed by atoms with Crippen LogP contribution in [0.5, 0.6) is 0 Å². The van der Waals surface area contributed by atoms with Crippen molar-refractivity contribution in [3.05, 3.63) is 0 Å². The number of nitrogens with one attached hydrogen (secondary N) is 1. The number of piperidine rings is 1. The SMILES string of the molecule is CNCCN(C)C1CCN(C(=O)N(C)C)CC1. The minimum Gasteiger partial charge on any atom is -0.331 e. The zero-order valence-electron chi connectivity index (χ0n) is 11.6. The molecule has 1 aliphatic heterocycles. The molecule has 1 N–H and O–H groups in total. The Morgan fingerprint density at radius 1 is 1.29 bits per heavy atom. The van der Waals surface area contributed by atoms with Gasteiger partial charge in [0.2, 0.25) is 0 Å². The lowest BCUT2D eigenvalue weighted by atomic mass is 10.0. The minimum atomic E-state index is 0.140. The molecule has 0 atom stereocenters. The number of carbonyl (C=O) groups excluding carboxylic acids is 1. The predicted molar refractivity (Wildman–Crippen MR) is 70.2 cm³/mol. The summed E-state index contributed by atoms with van der Waals surface area (Å²) in [7, 11) is 7.78. The number of carbonyl (C=O) groups is 1. The highest BCUT2D eigenvalue weighted by atomic mass is 16.2. The standard InChI is InChI=1S/C12H26N4O/c1-13-7-10-15(4)11-5-8-16(9-6-11)12(17)14(2)3/h11,13H,5-10H2,1-4H3. The third-order valence-electron chi connectivity index (χ3n) is 3.46. The Morgan fingerprint density at radius 2 is 1.88 bits per heavy atom. The molecule has 0 unspecified atom stereocenters. The fourth-order valence-electron chi connectivity index (χ4n) is 2.25. The van der Waals surface area contributed by atoms with E-state index in [0.717, 1.165) is 39.0 Å². The van der Waals surface area contributed by atoms with E-state index in [1.807, 2.05) is 26.0 Å². The lowest BCUT2D eigenvalue weighted by molar-refractivity contribution is 0.122. The van der Waals surface area contributed by atoms with E-state index in [2.05, 4.69) is 17.3 Å². The number of nitrogens with zero attached hydrogens (tertiary/aromatic N) is 3. The van der Waals surface area contributed by atoms with E-state index >= 15 is 0 Å². The molecule has 1 heterocycles. The topological polar surface area (TPSA) is 38.8 Å². The molecule has 0 spiro atoms. The van der Waals surface area contributed by atoms with Crippen LogP contribution >= 0.6 is 0 Å². The highest BCUT2D eigenvalue weighted by Gasteiger charge is 2.25. The number of urea groups is 1. The largest absolute Gasteiger partial charge is 0.331 e. The first-order valence-electron chi connectivity index (χ1n) is 6.37. The second-order valence-corrected chi connectivity index (χ2v) is 4.98. The molecular weight excluding hydrogens is 216 g/mol. The molecule has 1 fully saturated rings. The zero-order chi connectivity index (χ0) is 12.8. The number of amides is 2. The summed E-state index contributed by atoms with van der Waals surface area (Å²) in [5.74, 6) is 0. The van der Waals surface area contributed by atoms with Crippen LogP contribution in [0.4, 0.5) is 4.79 Å². The van der Waals surface area contributed by atoms with Crippen LogP contribution in [0.25, 0.3) is 0 Å². The van der Waals surface area contributed by atoms with Crippen molar-refractivity contribution in [2.45, 2.75) is 18.9 Å². The van der Waals surface area contributed by atoms with E-state index < -0.39 is 0 Å². The Morgan fingerprint density at radius 3 is 2.35 bits per heavy atom. The summed E-state index contributed by atoms with van der Waals surface area (Å²) in [5.41, 5.74) is 0. The Kier molecular flexibility index (Phi) is 5.71. The molecule has 0 radical (unpaired) electrons. The number of rotatable bonds is 4. The van der Waals surface area contributed by atoms with Crippen molar-refractivity contribution in [3.8, 4) is 0 Å². The van der Waals surface area contributed by atoms with Gasteiger partial charge in [-0.2, -0.15) is 0 Å². The Balaban J connectivity index is 2.32. The Labute approximate surface area is 105 Å². The van der Waals surface area contributed by atoms with Crippen molar-refractivity contribution in [3.63, 3.8) is 0 Å². The molecule has 1 saturated heterocycles. The molecule has 17 heavy (non-hydrogen) atoms. The smallest absolute Gasteiger partial charge is 0.319 e. The van der Waals surface area contributed by atoms with Crippen LogP contribution < -0.4 is 5.32 Å². The van der Waals surface area contributed by atoms with Crippen LogP contribution in [0.3, 0.4) is 0 Å². The van der Waals surface area contributed by atoms with Gasteiger partial charge >= 0.3 is 6.03 Å². The van der Waals surface area contributed by atoms with Gasteiger partial charge in [0.1, 0.15) is 0 Å². The molecule has 0 bridgehead atoms. The molecule has 0 aromatic rings. The lowest BCUT2D eigenvalue weighted by Gasteiger charge is -2.37. The third kappa shape index (κ3) is 4.16. The van der Waals surface area contributed by atoms with Crippen LogP contribution in [0.2, 0.25) is 0 Å². The van der Waals surface area contributed by atoms with Gasteiger partial charge in [-0.1, -0.05) is 0 Å². The molecule has 0 saturated carbocycles. The molecule has 5 nitrogen and oxygen atoms in total. The van der Waals surface area contributed by atoms with Gasteiger partial charge in [-0.05, 0) is 26.9 Å². The van der Waals surface area contributed by atoms with Crippen LogP contribution in [0.15, 0.2) is 0 Å². The molecular formula is C12H26N4O. The van der Waals surface area contributed by atoms with Crippen molar-refractivity contribution in [1.82, 2.24) is 20.0 Å². The van der Waals surface area contributed by atoms with Crippen LogP contribution in [-0.2, 0) is 0 Å². The maximum absolute atomic E-state index is 11.8. The first kappa shape index (κ1) is 14.3. The summed E-state index contributed by atoms with van der Waals surface area (Å²) < 4.78 is 0. The fraction of sp³-hybridized carbons (Fsp3) is 0.917. The molecule has 100 valence electrons. The van der Waals surface area contributed by atoms with E-state index in [1.165, 1.54) is 0 Å². The lowest BCUT2D eigenvalue weighted by Crippen LogP contribution is -2.49. The summed E-state index contributed by atoms with van der Waals surface area (Å²) >= 11 is 0. The average molecular weight is 242 g/mol. The summed E-state index contributed by atoms with van der Waals surface area (Å²) in [6.07, 6.45) is 2.17. The highest BCUT2D eigenvalue weighted by Crippen LogP contribution is 2.15. The minimum absolute atomic E-state index is 0.140. The van der Waals surface area contributed by atoms with Crippen molar-refractivity contribution >= 4 is 6.03 Å². The molecule has 0 aromatic carbocycles. The zero-order valence-corrected chi connectivity index (χ0v) is 11.6. The van der Waals surface area contributed by atoms with E-state index in [1.54, 1.807) is 4.90 Å². The van der Waals surface area contributed by atoms with E-state index in [9.17, 15) is 4.79 Å². The van der Waals surface area contributed by atoms with Crippen LogP contribution in [-0.4, -0.2) is 81.1 Å². The maximum Gasteiger partial charge on any atom is 0.319 e. The first-order chi connectivity index (χ1) is 8.06. The summed E-state index contributed by atoms with van der Waals surface area (Å²) in [6.45, 7) is 3.85. The second-order valence-electron chi connectivity index (χ2n) is 4.98. The van der Waals surface area contributed by atoms with Gasteiger partial charge in [0, 0.05) is 46.3 Å². The number of likely N-dealkylation sites (tertiary alicyclic amines) is 1. The van der Waals surface area contributed by atoms with Crippen molar-refractivity contribution < 1.29 is 4.79 Å². The monoisotopic (exact) mass is 242 g/mol. The summed E-state index contributed by atoms with van der Waals surface area (Å²) in [5, 5.41) is 3.17. The van der Waals surface area contributed by atoms with Gasteiger partial charge in [-0.3, -0.25) is 0 Å². The van der Waals surface area contributed by atoms with E-state index in [0.29, 0.717) is 6.04 Å². The highest BCUT2D eigenvalue weighted by molar-refractivity contribution is 5.73. The molecule has 5 heteroatoms. The fourth-order valence-corrected chi connectivity index (χ4v) is 2.25. The number of hydrogen-bond donors (Lipinski definition) is 1. The van der Waals surface area contributed by atoms with E-state index in [4.69, 9.17) is 0 Å². The summed E-state index contributed by atoms with van der Waals surface area (Å²) in [4.78, 5) is 17.8. The van der Waals surface area contributed by atoms with E-state index in [-0.39, 0.29) is 6.03 Å². The number of hydrogen-bond acceptors (Lipinski definition) is 3. The Bertz CT molecular complexity index is 237. The van der Waals surface area contributed by atoms with Gasteiger partial charge in [-0.15, -0.1) is 0 Å². The number of likely N-dealkylation sites (N-methyl/N-ethyl adjacent to an activating group) is 2. The van der Waals surface area contributed by atoms with Crippen LogP contribution in [0.1, 0.15) is 12.8 Å². The Hall–Kier alpha value is -0.810. The molecule has 0 aromatic heterocycles. The van der Waals surface area contributed by atoms with Crippen molar-refractivity contribution in [2.24, 2.45) is 0 Å². The molecule has 2 amide bonds. The predicted octanol–water partition coefficient (Wildman–Crippen LogP) is 0.284. The average Bonchev–Trinajstić information content (AvgIpc) is 2.35. The normalized spacial score (nSPS) is 17.6. The maximum atomic E-state index is 11.8. The summed E-state index contributed by atoms with van der Waals surface area (Å²) in [6, 6.07) is 0.760. The van der Waals surface area contributed by atoms with Gasteiger partial charge in [0.05, 0.1) is 0 Å². The van der Waals surface area contributed by atoms with Gasteiger partial charge in [0.15, 0.2) is 0 Å². The van der Waals surface area contributed by atoms with Gasteiger partial charge in [-0.25, -0.2) is 4.79 Å². The molecule has 0 aliphatic carbocycles. The first-order valence-corrected chi connectivity index (χ1v) is 6.37.